The number of allylic oxidation sites excluding steroid dienone is 1. The number of methoxy groups -OCH3 is 1. The number of hydrogen-bond donors (Lipinski definition) is 2. The van der Waals surface area contributed by atoms with Crippen molar-refractivity contribution in [3.8, 4) is 0 Å². The molecule has 0 saturated heterocycles. The molecule has 1 aliphatic heterocycles. The van der Waals surface area contributed by atoms with Crippen molar-refractivity contribution in [3.05, 3.63) is 77.0 Å². The predicted octanol–water partition coefficient (Wildman–Crippen LogP) is 4.57. The Morgan fingerprint density at radius 2 is 1.88 bits per heavy atom. The molecule has 33 heavy (non-hydrogen) atoms. The molecule has 1 atom stereocenters. The van der Waals surface area contributed by atoms with Crippen LogP contribution >= 0.6 is 0 Å². The summed E-state index contributed by atoms with van der Waals surface area (Å²) in [4.78, 5) is 39.5. The van der Waals surface area contributed by atoms with Crippen LogP contribution in [0.25, 0.3) is 0 Å². The highest BCUT2D eigenvalue weighted by molar-refractivity contribution is 5.95. The van der Waals surface area contributed by atoms with Gasteiger partial charge in [-0.1, -0.05) is 55.8 Å². The topological polar surface area (TPSA) is 87.7 Å². The zero-order valence-electron chi connectivity index (χ0n) is 19.4. The highest BCUT2D eigenvalue weighted by atomic mass is 16.5. The molecule has 3 amide bonds. The van der Waals surface area contributed by atoms with E-state index in [0.29, 0.717) is 41.9 Å². The van der Waals surface area contributed by atoms with Gasteiger partial charge >= 0.3 is 12.0 Å². The van der Waals surface area contributed by atoms with Crippen LogP contribution in [0.2, 0.25) is 0 Å². The van der Waals surface area contributed by atoms with Gasteiger partial charge in [0.15, 0.2) is 0 Å². The fourth-order valence-corrected chi connectivity index (χ4v) is 3.91. The van der Waals surface area contributed by atoms with Crippen molar-refractivity contribution in [3.63, 3.8) is 0 Å². The van der Waals surface area contributed by atoms with Gasteiger partial charge in [-0.15, -0.1) is 0 Å². The van der Waals surface area contributed by atoms with Crippen molar-refractivity contribution < 1.29 is 19.1 Å². The largest absolute Gasteiger partial charge is 0.466 e. The molecule has 3 rings (SSSR count). The molecule has 0 aromatic heterocycles. The lowest BCUT2D eigenvalue weighted by molar-refractivity contribution is -0.136. The second kappa shape index (κ2) is 11.3. The van der Waals surface area contributed by atoms with Gasteiger partial charge in [-0.2, -0.15) is 0 Å². The Balaban J connectivity index is 1.79. The number of benzene rings is 2. The van der Waals surface area contributed by atoms with Crippen LogP contribution in [0.5, 0.6) is 0 Å². The van der Waals surface area contributed by atoms with Gasteiger partial charge in [0.05, 0.1) is 18.7 Å². The third-order valence-electron chi connectivity index (χ3n) is 5.72. The number of nitrogens with one attached hydrogen (secondary N) is 2. The molecule has 7 nitrogen and oxygen atoms in total. The van der Waals surface area contributed by atoms with E-state index >= 15 is 0 Å². The van der Waals surface area contributed by atoms with Crippen LogP contribution in [0.4, 0.5) is 10.5 Å². The highest BCUT2D eigenvalue weighted by Crippen LogP contribution is 2.32. The maximum Gasteiger partial charge on any atom is 0.337 e. The van der Waals surface area contributed by atoms with Crippen LogP contribution in [0, 0.1) is 0 Å². The zero-order valence-corrected chi connectivity index (χ0v) is 19.4. The van der Waals surface area contributed by atoms with Crippen molar-refractivity contribution in [1.82, 2.24) is 10.2 Å². The normalized spacial score (nSPS) is 15.8. The van der Waals surface area contributed by atoms with Crippen molar-refractivity contribution in [2.45, 2.75) is 45.6 Å². The molecule has 0 spiro atoms. The van der Waals surface area contributed by atoms with Gasteiger partial charge in [-0.25, -0.2) is 9.59 Å². The second-order valence-corrected chi connectivity index (χ2v) is 8.04. The maximum absolute atomic E-state index is 12.8. The van der Waals surface area contributed by atoms with Crippen LogP contribution < -0.4 is 10.6 Å². The molecular weight excluding hydrogens is 418 g/mol. The molecule has 2 N–H and O–H groups in total. The average Bonchev–Trinajstić information content (AvgIpc) is 2.82. The summed E-state index contributed by atoms with van der Waals surface area (Å²) >= 11 is 0. The van der Waals surface area contributed by atoms with Gasteiger partial charge in [0.1, 0.15) is 0 Å². The van der Waals surface area contributed by atoms with Gasteiger partial charge in [0, 0.05) is 24.4 Å². The van der Waals surface area contributed by atoms with Crippen LogP contribution in [-0.2, 0) is 20.7 Å². The summed E-state index contributed by atoms with van der Waals surface area (Å²) in [7, 11) is 1.33. The van der Waals surface area contributed by atoms with E-state index in [4.69, 9.17) is 4.74 Å². The van der Waals surface area contributed by atoms with Crippen molar-refractivity contribution in [2.75, 3.05) is 19.0 Å². The summed E-state index contributed by atoms with van der Waals surface area (Å²) in [6.07, 6.45) is 2.76. The quantitative estimate of drug-likeness (QED) is 0.549. The summed E-state index contributed by atoms with van der Waals surface area (Å²) in [5.74, 6) is -0.592. The van der Waals surface area contributed by atoms with Crippen LogP contribution in [0.1, 0.15) is 50.3 Å². The van der Waals surface area contributed by atoms with E-state index in [-0.39, 0.29) is 11.9 Å². The first-order valence-corrected chi connectivity index (χ1v) is 11.3. The molecule has 0 radical (unpaired) electrons. The molecule has 0 fully saturated rings. The van der Waals surface area contributed by atoms with E-state index in [9.17, 15) is 14.4 Å². The summed E-state index contributed by atoms with van der Waals surface area (Å²) in [5.41, 5.74) is 3.37. The molecule has 2 aromatic carbocycles. The standard InChI is InChI=1S/C26H31N3O4/c1-4-5-16-29-18(2)23(25(31)33-3)24(28-26(29)32)20-12-9-13-21(17-20)27-22(30)15-14-19-10-7-6-8-11-19/h6-13,17,24H,4-5,14-16H2,1-3H3,(H,27,30)(H,28,32). The van der Waals surface area contributed by atoms with Crippen LogP contribution in [-0.4, -0.2) is 36.5 Å². The molecule has 1 aliphatic rings. The minimum absolute atomic E-state index is 0.102. The maximum atomic E-state index is 12.8. The third-order valence-corrected chi connectivity index (χ3v) is 5.72. The number of hydrogen-bond acceptors (Lipinski definition) is 4. The molecule has 174 valence electrons. The lowest BCUT2D eigenvalue weighted by Crippen LogP contribution is -2.48. The van der Waals surface area contributed by atoms with Crippen LogP contribution in [0.3, 0.4) is 0 Å². The van der Waals surface area contributed by atoms with Crippen molar-refractivity contribution in [2.24, 2.45) is 0 Å². The molecule has 0 bridgehead atoms. The number of nitrogens with zero attached hydrogens (tertiary/aromatic N) is 1. The number of amides is 3. The first-order valence-electron chi connectivity index (χ1n) is 11.3. The molecule has 2 aromatic rings. The molecule has 7 heteroatoms. The van der Waals surface area contributed by atoms with Crippen LogP contribution in [0.15, 0.2) is 65.9 Å². The smallest absolute Gasteiger partial charge is 0.337 e. The molecule has 1 unspecified atom stereocenters. The summed E-state index contributed by atoms with van der Waals surface area (Å²) < 4.78 is 5.02. The van der Waals surface area contributed by atoms with E-state index in [1.165, 1.54) is 7.11 Å². The van der Waals surface area contributed by atoms with E-state index < -0.39 is 12.0 Å². The monoisotopic (exact) mass is 449 g/mol. The summed E-state index contributed by atoms with van der Waals surface area (Å²) in [6, 6.07) is 16.1. The van der Waals surface area contributed by atoms with Gasteiger partial charge in [0.25, 0.3) is 0 Å². The second-order valence-electron chi connectivity index (χ2n) is 8.04. The zero-order chi connectivity index (χ0) is 23.8. The highest BCUT2D eigenvalue weighted by Gasteiger charge is 2.36. The molecule has 1 heterocycles. The molecular formula is C26H31N3O4. The van der Waals surface area contributed by atoms with E-state index in [0.717, 1.165) is 18.4 Å². The fraction of sp³-hybridized carbons (Fsp3) is 0.346. The van der Waals surface area contributed by atoms with E-state index in [1.807, 2.05) is 43.3 Å². The van der Waals surface area contributed by atoms with Crippen molar-refractivity contribution >= 4 is 23.6 Å². The lowest BCUT2D eigenvalue weighted by Gasteiger charge is -2.35. The Kier molecular flexibility index (Phi) is 8.24. The third kappa shape index (κ3) is 6.00. The number of ether oxygens (including phenoxy) is 1. The summed E-state index contributed by atoms with van der Waals surface area (Å²) in [6.45, 7) is 4.34. The number of aryl methyl sites for hydroxylation is 1. The number of carbonyl (C=O) groups is 3. The first-order chi connectivity index (χ1) is 15.9. The van der Waals surface area contributed by atoms with Gasteiger partial charge in [-0.3, -0.25) is 9.69 Å². The first kappa shape index (κ1) is 24.0. The number of rotatable bonds is 9. The fourth-order valence-electron chi connectivity index (χ4n) is 3.91. The van der Waals surface area contributed by atoms with Gasteiger partial charge < -0.3 is 15.4 Å². The SMILES string of the molecule is CCCCN1C(=O)NC(c2cccc(NC(=O)CCc3ccccc3)c2)C(C(=O)OC)=C1C. The molecule has 0 aliphatic carbocycles. The Bertz CT molecular complexity index is 1030. The Morgan fingerprint density at radius 1 is 1.12 bits per heavy atom. The number of esters is 1. The van der Waals surface area contributed by atoms with E-state index in [2.05, 4.69) is 10.6 Å². The minimum Gasteiger partial charge on any atom is -0.466 e. The Labute approximate surface area is 194 Å². The number of anilines is 1. The lowest BCUT2D eigenvalue weighted by atomic mass is 9.94. The summed E-state index contributed by atoms with van der Waals surface area (Å²) in [5, 5.41) is 5.84. The number of unbranched alkanes of at least 4 members (excludes halogenated alkanes) is 1. The molecule has 0 saturated carbocycles. The van der Waals surface area contributed by atoms with Crippen molar-refractivity contribution in [1.29, 1.82) is 0 Å². The van der Waals surface area contributed by atoms with Gasteiger partial charge in [0.2, 0.25) is 5.91 Å². The number of urea groups is 1. The van der Waals surface area contributed by atoms with E-state index in [1.54, 1.807) is 30.0 Å². The predicted molar refractivity (Wildman–Crippen MR) is 127 cm³/mol. The van der Waals surface area contributed by atoms with Gasteiger partial charge in [-0.05, 0) is 43.0 Å². The number of carbonyl (C=O) groups excluding carboxylic acids is 3. The Morgan fingerprint density at radius 3 is 2.58 bits per heavy atom. The Hall–Kier alpha value is -3.61. The minimum atomic E-state index is -0.663. The average molecular weight is 450 g/mol.